The molecule has 9 heteroatoms. The van der Waals surface area contributed by atoms with E-state index in [0.29, 0.717) is 33.6 Å². The van der Waals surface area contributed by atoms with Crippen molar-refractivity contribution in [3.8, 4) is 23.0 Å². The summed E-state index contributed by atoms with van der Waals surface area (Å²) in [6.45, 7) is 0.149. The van der Waals surface area contributed by atoms with E-state index in [2.05, 4.69) is 10.9 Å². The second-order valence-electron chi connectivity index (χ2n) is 5.91. The number of fused-ring (bicyclic) bond motifs is 2. The highest BCUT2D eigenvalue weighted by Crippen LogP contribution is 2.40. The third kappa shape index (κ3) is 3.81. The number of carbonyl (C=O) groups is 2. The van der Waals surface area contributed by atoms with Crippen molar-refractivity contribution in [3.63, 3.8) is 0 Å². The molecule has 2 aromatic rings. The minimum absolute atomic E-state index is 0.0459. The molecule has 2 aliphatic heterocycles. The van der Waals surface area contributed by atoms with Crippen molar-refractivity contribution < 1.29 is 28.5 Å². The number of carbonyl (C=O) groups excluding carboxylic acids is 2. The maximum absolute atomic E-state index is 12.2. The first-order chi connectivity index (χ1) is 13.6. The van der Waals surface area contributed by atoms with Crippen molar-refractivity contribution in [2.45, 2.75) is 6.10 Å². The SMILES string of the molecule is O=C(/C=C/c1cc(Cl)c2c(c1)OCO2)NNC(=O)C1COc2ccccc2O1. The number of hydrazine groups is 1. The summed E-state index contributed by atoms with van der Waals surface area (Å²) in [5.41, 5.74) is 5.25. The first-order valence-electron chi connectivity index (χ1n) is 8.36. The lowest BCUT2D eigenvalue weighted by Gasteiger charge is -2.25. The third-order valence-corrected chi connectivity index (χ3v) is 4.27. The number of hydrogen-bond donors (Lipinski definition) is 2. The van der Waals surface area contributed by atoms with Crippen LogP contribution in [0.15, 0.2) is 42.5 Å². The minimum atomic E-state index is -0.869. The summed E-state index contributed by atoms with van der Waals surface area (Å²) in [6, 6.07) is 10.4. The van der Waals surface area contributed by atoms with E-state index in [9.17, 15) is 9.59 Å². The monoisotopic (exact) mass is 402 g/mol. The van der Waals surface area contributed by atoms with Gasteiger partial charge in [0.2, 0.25) is 12.9 Å². The molecule has 0 saturated heterocycles. The third-order valence-electron chi connectivity index (χ3n) is 3.99. The van der Waals surface area contributed by atoms with E-state index in [1.807, 2.05) is 6.07 Å². The molecule has 8 nitrogen and oxygen atoms in total. The molecule has 1 unspecified atom stereocenters. The molecular weight excluding hydrogens is 388 g/mol. The van der Waals surface area contributed by atoms with Gasteiger partial charge in [-0.25, -0.2) is 0 Å². The molecule has 2 amide bonds. The number of amides is 2. The smallest absolute Gasteiger partial charge is 0.283 e. The Labute approximate surface area is 164 Å². The van der Waals surface area contributed by atoms with Crippen molar-refractivity contribution >= 4 is 29.5 Å². The van der Waals surface area contributed by atoms with Crippen LogP contribution in [0, 0.1) is 0 Å². The molecule has 2 heterocycles. The van der Waals surface area contributed by atoms with Gasteiger partial charge < -0.3 is 18.9 Å². The van der Waals surface area contributed by atoms with Gasteiger partial charge in [0.05, 0.1) is 5.02 Å². The molecule has 2 N–H and O–H groups in total. The predicted molar refractivity (Wildman–Crippen MR) is 99.2 cm³/mol. The second-order valence-corrected chi connectivity index (χ2v) is 6.32. The van der Waals surface area contributed by atoms with Gasteiger partial charge in [-0.05, 0) is 35.9 Å². The molecule has 0 radical (unpaired) electrons. The van der Waals surface area contributed by atoms with Crippen LogP contribution in [0.4, 0.5) is 0 Å². The van der Waals surface area contributed by atoms with Crippen LogP contribution in [0.5, 0.6) is 23.0 Å². The molecule has 0 saturated carbocycles. The predicted octanol–water partition coefficient (Wildman–Crippen LogP) is 2.07. The number of nitrogens with one attached hydrogen (secondary N) is 2. The Morgan fingerprint density at radius 3 is 2.71 bits per heavy atom. The van der Waals surface area contributed by atoms with Crippen molar-refractivity contribution in [2.75, 3.05) is 13.4 Å². The Balaban J connectivity index is 1.31. The highest BCUT2D eigenvalue weighted by Gasteiger charge is 2.27. The molecule has 0 bridgehead atoms. The van der Waals surface area contributed by atoms with Crippen molar-refractivity contribution in [2.24, 2.45) is 0 Å². The van der Waals surface area contributed by atoms with E-state index >= 15 is 0 Å². The molecule has 2 aliphatic rings. The van der Waals surface area contributed by atoms with Crippen LogP contribution in [0.25, 0.3) is 6.08 Å². The van der Waals surface area contributed by atoms with Gasteiger partial charge >= 0.3 is 0 Å². The van der Waals surface area contributed by atoms with E-state index in [-0.39, 0.29) is 13.4 Å². The van der Waals surface area contributed by atoms with Gasteiger partial charge in [-0.15, -0.1) is 0 Å². The van der Waals surface area contributed by atoms with Gasteiger partial charge in [-0.3, -0.25) is 20.4 Å². The van der Waals surface area contributed by atoms with Gasteiger partial charge in [0.25, 0.3) is 11.8 Å². The second kappa shape index (κ2) is 7.69. The van der Waals surface area contributed by atoms with Crippen molar-refractivity contribution in [3.05, 3.63) is 53.1 Å². The first kappa shape index (κ1) is 18.0. The van der Waals surface area contributed by atoms with Crippen molar-refractivity contribution in [1.29, 1.82) is 0 Å². The van der Waals surface area contributed by atoms with Crippen LogP contribution in [-0.4, -0.2) is 31.3 Å². The van der Waals surface area contributed by atoms with Crippen LogP contribution in [-0.2, 0) is 9.59 Å². The summed E-state index contributed by atoms with van der Waals surface area (Å²) < 4.78 is 21.5. The summed E-state index contributed by atoms with van der Waals surface area (Å²) in [5, 5.41) is 0.387. The van der Waals surface area contributed by atoms with E-state index in [4.69, 9.17) is 30.5 Å². The number of ether oxygens (including phenoxy) is 4. The molecule has 28 heavy (non-hydrogen) atoms. The van der Waals surface area contributed by atoms with E-state index in [0.717, 1.165) is 0 Å². The number of rotatable bonds is 3. The first-order valence-corrected chi connectivity index (χ1v) is 8.73. The van der Waals surface area contributed by atoms with E-state index in [1.54, 1.807) is 30.3 Å². The van der Waals surface area contributed by atoms with Crippen LogP contribution >= 0.6 is 11.6 Å². The van der Waals surface area contributed by atoms with E-state index in [1.165, 1.54) is 12.2 Å². The Hall–Kier alpha value is -3.39. The minimum Gasteiger partial charge on any atom is -0.485 e. The zero-order valence-corrected chi connectivity index (χ0v) is 15.2. The zero-order chi connectivity index (χ0) is 19.5. The lowest BCUT2D eigenvalue weighted by atomic mass is 10.2. The fourth-order valence-electron chi connectivity index (χ4n) is 2.65. The molecule has 1 atom stereocenters. The van der Waals surface area contributed by atoms with Crippen LogP contribution in [0.3, 0.4) is 0 Å². The summed E-state index contributed by atoms with van der Waals surface area (Å²) in [6.07, 6.45) is 1.92. The zero-order valence-electron chi connectivity index (χ0n) is 14.4. The summed E-state index contributed by atoms with van der Waals surface area (Å²) in [7, 11) is 0. The van der Waals surface area contributed by atoms with Gasteiger partial charge in [0.1, 0.15) is 6.61 Å². The standard InChI is InChI=1S/C19H15ClN2O6/c20-12-7-11(8-15-18(12)27-10-26-15)5-6-17(23)21-22-19(24)16-9-25-13-3-1-2-4-14(13)28-16/h1-8,16H,9-10H2,(H,21,23)(H,22,24)/b6-5+. The average Bonchev–Trinajstić information content (AvgIpc) is 3.19. The molecule has 144 valence electrons. The van der Waals surface area contributed by atoms with Crippen LogP contribution in [0.2, 0.25) is 5.02 Å². The number of hydrogen-bond acceptors (Lipinski definition) is 6. The lowest BCUT2D eigenvalue weighted by Crippen LogP contribution is -2.50. The highest BCUT2D eigenvalue weighted by molar-refractivity contribution is 6.32. The Bertz CT molecular complexity index is 961. The van der Waals surface area contributed by atoms with Gasteiger partial charge in [0, 0.05) is 6.08 Å². The van der Waals surface area contributed by atoms with Crippen LogP contribution in [0.1, 0.15) is 5.56 Å². The summed E-state index contributed by atoms with van der Waals surface area (Å²) >= 11 is 6.09. The van der Waals surface area contributed by atoms with Gasteiger partial charge in [-0.2, -0.15) is 0 Å². The maximum Gasteiger partial charge on any atom is 0.283 e. The quantitative estimate of drug-likeness (QED) is 0.603. The van der Waals surface area contributed by atoms with Crippen LogP contribution < -0.4 is 29.8 Å². The number of para-hydroxylation sites is 2. The number of benzene rings is 2. The molecule has 0 fully saturated rings. The fraction of sp³-hybridized carbons (Fsp3) is 0.158. The molecule has 0 spiro atoms. The lowest BCUT2D eigenvalue weighted by molar-refractivity contribution is -0.134. The molecule has 0 aromatic heterocycles. The molecule has 4 rings (SSSR count). The molecule has 2 aromatic carbocycles. The van der Waals surface area contributed by atoms with Gasteiger partial charge in [0.15, 0.2) is 23.0 Å². The normalized spacial score (nSPS) is 16.7. The Morgan fingerprint density at radius 2 is 1.86 bits per heavy atom. The van der Waals surface area contributed by atoms with E-state index < -0.39 is 17.9 Å². The molecule has 0 aliphatic carbocycles. The fourth-order valence-corrected chi connectivity index (χ4v) is 2.92. The van der Waals surface area contributed by atoms with Crippen molar-refractivity contribution in [1.82, 2.24) is 10.9 Å². The topological polar surface area (TPSA) is 95.1 Å². The summed E-state index contributed by atoms with van der Waals surface area (Å²) in [4.78, 5) is 24.1. The van der Waals surface area contributed by atoms with Gasteiger partial charge in [-0.1, -0.05) is 23.7 Å². The largest absolute Gasteiger partial charge is 0.485 e. The Kier molecular flexibility index (Phi) is 4.94. The Morgan fingerprint density at radius 1 is 1.04 bits per heavy atom. The summed E-state index contributed by atoms with van der Waals surface area (Å²) in [5.74, 6) is 0.977. The number of halogens is 1. The maximum atomic E-state index is 12.2. The highest BCUT2D eigenvalue weighted by atomic mass is 35.5. The molecular formula is C19H15ClN2O6. The average molecular weight is 403 g/mol.